The molecule has 1 atom stereocenters. The minimum absolute atomic E-state index is 0.161. The number of para-hydroxylation sites is 1. The number of hydrogen-bond donors (Lipinski definition) is 0. The van der Waals surface area contributed by atoms with Crippen LogP contribution < -0.4 is 4.74 Å². The van der Waals surface area contributed by atoms with Gasteiger partial charge in [-0.25, -0.2) is 0 Å². The van der Waals surface area contributed by atoms with Crippen LogP contribution in [0.2, 0.25) is 0 Å². The van der Waals surface area contributed by atoms with E-state index in [1.165, 1.54) is 16.7 Å². The molecule has 0 N–H and O–H groups in total. The molecular weight excluding hydrogens is 288 g/mol. The highest BCUT2D eigenvalue weighted by Crippen LogP contribution is 2.37. The first-order valence-electron chi connectivity index (χ1n) is 5.97. The predicted octanol–water partition coefficient (Wildman–Crippen LogP) is 4.80. The van der Waals surface area contributed by atoms with Gasteiger partial charge in [0.1, 0.15) is 5.75 Å². The van der Waals surface area contributed by atoms with Crippen molar-refractivity contribution in [1.82, 2.24) is 0 Å². The first kappa shape index (κ1) is 13.2. The summed E-state index contributed by atoms with van der Waals surface area (Å²) in [6.45, 7) is 4.25. The lowest BCUT2D eigenvalue weighted by Gasteiger charge is -2.17. The Morgan fingerprint density at radius 1 is 1.00 bits per heavy atom. The summed E-state index contributed by atoms with van der Waals surface area (Å²) in [5, 5.41) is 0. The van der Waals surface area contributed by atoms with Crippen LogP contribution in [0.4, 0.5) is 0 Å². The topological polar surface area (TPSA) is 9.23 Å². The van der Waals surface area contributed by atoms with Crippen LogP contribution in [0.15, 0.2) is 42.5 Å². The average Bonchev–Trinajstić information content (AvgIpc) is 2.40. The third-order valence-electron chi connectivity index (χ3n) is 3.12. The second-order valence-corrected chi connectivity index (χ2v) is 5.38. The zero-order valence-electron chi connectivity index (χ0n) is 10.9. The molecule has 2 rings (SSSR count). The van der Waals surface area contributed by atoms with Crippen molar-refractivity contribution in [1.29, 1.82) is 0 Å². The van der Waals surface area contributed by atoms with Gasteiger partial charge in [-0.3, -0.25) is 0 Å². The quantitative estimate of drug-likeness (QED) is 0.740. The highest BCUT2D eigenvalue weighted by Gasteiger charge is 2.16. The summed E-state index contributed by atoms with van der Waals surface area (Å²) in [7, 11) is 1.71. The lowest BCUT2D eigenvalue weighted by atomic mass is 9.98. The minimum Gasteiger partial charge on any atom is -0.496 e. The number of methoxy groups -OCH3 is 1. The summed E-state index contributed by atoms with van der Waals surface area (Å²) < 4.78 is 5.43. The molecule has 0 saturated carbocycles. The molecule has 0 radical (unpaired) electrons. The molecule has 0 heterocycles. The van der Waals surface area contributed by atoms with E-state index in [9.17, 15) is 0 Å². The summed E-state index contributed by atoms with van der Waals surface area (Å²) in [5.41, 5.74) is 5.01. The number of ether oxygens (including phenoxy) is 1. The third kappa shape index (κ3) is 2.59. The highest BCUT2D eigenvalue weighted by molar-refractivity contribution is 9.09. The van der Waals surface area contributed by atoms with Crippen LogP contribution in [0.3, 0.4) is 0 Å². The molecule has 0 amide bonds. The largest absolute Gasteiger partial charge is 0.496 e. The van der Waals surface area contributed by atoms with Gasteiger partial charge >= 0.3 is 0 Å². The van der Waals surface area contributed by atoms with Crippen molar-refractivity contribution in [3.63, 3.8) is 0 Å². The maximum atomic E-state index is 5.43. The Morgan fingerprint density at radius 2 is 1.72 bits per heavy atom. The van der Waals surface area contributed by atoms with Crippen molar-refractivity contribution in [3.05, 3.63) is 64.7 Å². The second kappa shape index (κ2) is 5.57. The van der Waals surface area contributed by atoms with Crippen molar-refractivity contribution in [3.8, 4) is 5.75 Å². The Kier molecular flexibility index (Phi) is 4.07. The SMILES string of the molecule is COc1ccccc1C(Br)c1cc(C)ccc1C. The summed E-state index contributed by atoms with van der Waals surface area (Å²) in [4.78, 5) is 0.161. The summed E-state index contributed by atoms with van der Waals surface area (Å²) in [6, 6.07) is 14.6. The summed E-state index contributed by atoms with van der Waals surface area (Å²) in [6.07, 6.45) is 0. The fourth-order valence-electron chi connectivity index (χ4n) is 2.08. The zero-order chi connectivity index (χ0) is 13.1. The van der Waals surface area contributed by atoms with Crippen molar-refractivity contribution in [2.24, 2.45) is 0 Å². The van der Waals surface area contributed by atoms with Gasteiger partial charge in [0.2, 0.25) is 0 Å². The maximum absolute atomic E-state index is 5.43. The molecule has 0 aliphatic rings. The molecule has 94 valence electrons. The molecule has 2 aromatic rings. The van der Waals surface area contributed by atoms with Crippen LogP contribution in [0, 0.1) is 13.8 Å². The van der Waals surface area contributed by atoms with E-state index >= 15 is 0 Å². The van der Waals surface area contributed by atoms with Gasteiger partial charge in [0.05, 0.1) is 11.9 Å². The number of halogens is 1. The number of aryl methyl sites for hydroxylation is 2. The third-order valence-corrected chi connectivity index (χ3v) is 4.11. The van der Waals surface area contributed by atoms with Crippen molar-refractivity contribution < 1.29 is 4.74 Å². The van der Waals surface area contributed by atoms with Gasteiger partial charge in [-0.1, -0.05) is 57.9 Å². The lowest BCUT2D eigenvalue weighted by Crippen LogP contribution is -1.99. The summed E-state index contributed by atoms with van der Waals surface area (Å²) in [5.74, 6) is 0.917. The minimum atomic E-state index is 0.161. The van der Waals surface area contributed by atoms with E-state index in [4.69, 9.17) is 4.74 Å². The van der Waals surface area contributed by atoms with E-state index in [1.54, 1.807) is 7.11 Å². The zero-order valence-corrected chi connectivity index (χ0v) is 12.5. The van der Waals surface area contributed by atoms with E-state index in [1.807, 2.05) is 18.2 Å². The lowest BCUT2D eigenvalue weighted by molar-refractivity contribution is 0.410. The molecule has 0 fully saturated rings. The Bertz CT molecular complexity index is 549. The number of rotatable bonds is 3. The first-order chi connectivity index (χ1) is 8.63. The molecule has 0 saturated heterocycles. The van der Waals surface area contributed by atoms with E-state index in [-0.39, 0.29) is 4.83 Å². The summed E-state index contributed by atoms with van der Waals surface area (Å²) >= 11 is 3.79. The van der Waals surface area contributed by atoms with Gasteiger partial charge in [0, 0.05) is 5.56 Å². The Labute approximate surface area is 117 Å². The van der Waals surface area contributed by atoms with Gasteiger partial charge in [0.25, 0.3) is 0 Å². The van der Waals surface area contributed by atoms with E-state index in [0.29, 0.717) is 0 Å². The fourth-order valence-corrected chi connectivity index (χ4v) is 2.95. The van der Waals surface area contributed by atoms with Crippen LogP contribution in [0.25, 0.3) is 0 Å². The van der Waals surface area contributed by atoms with Crippen molar-refractivity contribution in [2.45, 2.75) is 18.7 Å². The van der Waals surface area contributed by atoms with Crippen LogP contribution in [0.1, 0.15) is 27.1 Å². The molecule has 0 spiro atoms. The van der Waals surface area contributed by atoms with Gasteiger partial charge in [-0.15, -0.1) is 0 Å². The molecule has 2 heteroatoms. The number of alkyl halides is 1. The molecule has 0 aliphatic heterocycles. The van der Waals surface area contributed by atoms with Crippen LogP contribution in [-0.4, -0.2) is 7.11 Å². The van der Waals surface area contributed by atoms with Gasteiger partial charge in [-0.2, -0.15) is 0 Å². The molecule has 0 bridgehead atoms. The van der Waals surface area contributed by atoms with Gasteiger partial charge in [-0.05, 0) is 31.0 Å². The highest BCUT2D eigenvalue weighted by atomic mass is 79.9. The molecule has 2 aromatic carbocycles. The monoisotopic (exact) mass is 304 g/mol. The maximum Gasteiger partial charge on any atom is 0.123 e. The first-order valence-corrected chi connectivity index (χ1v) is 6.89. The Morgan fingerprint density at radius 3 is 2.44 bits per heavy atom. The van der Waals surface area contributed by atoms with Gasteiger partial charge in [0.15, 0.2) is 0 Å². The van der Waals surface area contributed by atoms with E-state index in [2.05, 4.69) is 54.0 Å². The number of hydrogen-bond acceptors (Lipinski definition) is 1. The van der Waals surface area contributed by atoms with Crippen LogP contribution in [0.5, 0.6) is 5.75 Å². The Hall–Kier alpha value is -1.28. The molecule has 1 unspecified atom stereocenters. The molecule has 1 nitrogen and oxygen atoms in total. The average molecular weight is 305 g/mol. The van der Waals surface area contributed by atoms with Crippen LogP contribution in [-0.2, 0) is 0 Å². The van der Waals surface area contributed by atoms with Gasteiger partial charge < -0.3 is 4.74 Å². The van der Waals surface area contributed by atoms with E-state index < -0.39 is 0 Å². The van der Waals surface area contributed by atoms with Crippen LogP contribution >= 0.6 is 15.9 Å². The normalized spacial score (nSPS) is 12.2. The fraction of sp³-hybridized carbons (Fsp3) is 0.250. The number of benzene rings is 2. The van der Waals surface area contributed by atoms with Crippen molar-refractivity contribution >= 4 is 15.9 Å². The molecule has 0 aliphatic carbocycles. The molecule has 0 aromatic heterocycles. The molecule has 18 heavy (non-hydrogen) atoms. The second-order valence-electron chi connectivity index (χ2n) is 4.46. The smallest absolute Gasteiger partial charge is 0.123 e. The standard InChI is InChI=1S/C16H17BrO/c1-11-8-9-12(2)14(10-11)16(17)13-6-4-5-7-15(13)18-3/h4-10,16H,1-3H3. The van der Waals surface area contributed by atoms with E-state index in [0.717, 1.165) is 11.3 Å². The molecular formula is C16H17BrO. The predicted molar refractivity (Wildman–Crippen MR) is 79.7 cm³/mol. The Balaban J connectivity index is 2.47. The van der Waals surface area contributed by atoms with Crippen molar-refractivity contribution in [2.75, 3.05) is 7.11 Å².